The molecule has 0 radical (unpaired) electrons. The van der Waals surface area contributed by atoms with E-state index in [4.69, 9.17) is 10.5 Å². The number of likely N-dealkylation sites (tertiary alicyclic amines) is 1. The van der Waals surface area contributed by atoms with Crippen LogP contribution >= 0.6 is 0 Å². The minimum absolute atomic E-state index is 0.0655. The van der Waals surface area contributed by atoms with Gasteiger partial charge in [0.2, 0.25) is 0 Å². The van der Waals surface area contributed by atoms with Gasteiger partial charge in [-0.3, -0.25) is 4.79 Å². The Morgan fingerprint density at radius 2 is 2.11 bits per heavy atom. The molecule has 9 nitrogen and oxygen atoms in total. The summed E-state index contributed by atoms with van der Waals surface area (Å²) in [5.74, 6) is -0.404. The van der Waals surface area contributed by atoms with Crippen molar-refractivity contribution in [2.45, 2.75) is 45.8 Å². The van der Waals surface area contributed by atoms with Crippen LogP contribution < -0.4 is 11.1 Å². The molecule has 4 N–H and O–H groups in total. The first kappa shape index (κ1) is 18.9. The van der Waals surface area contributed by atoms with Crippen LogP contribution in [0.15, 0.2) is 12.5 Å². The number of pyridine rings is 1. The number of amides is 2. The van der Waals surface area contributed by atoms with Crippen molar-refractivity contribution in [2.24, 2.45) is 11.7 Å². The van der Waals surface area contributed by atoms with Crippen LogP contribution in [0, 0.1) is 5.92 Å². The average molecular weight is 374 g/mol. The van der Waals surface area contributed by atoms with E-state index in [1.54, 1.807) is 4.90 Å². The maximum absolute atomic E-state index is 12.3. The summed E-state index contributed by atoms with van der Waals surface area (Å²) in [6, 6.07) is 0.0655. The van der Waals surface area contributed by atoms with E-state index in [1.807, 2.05) is 20.8 Å². The molecule has 2 amide bonds. The van der Waals surface area contributed by atoms with Crippen molar-refractivity contribution in [2.75, 3.05) is 18.4 Å². The van der Waals surface area contributed by atoms with E-state index in [0.717, 1.165) is 6.42 Å². The number of nitrogens with zero attached hydrogens (tertiary/aromatic N) is 3. The van der Waals surface area contributed by atoms with Crippen LogP contribution in [-0.2, 0) is 4.74 Å². The van der Waals surface area contributed by atoms with Gasteiger partial charge in [0, 0.05) is 25.3 Å². The Hall–Kier alpha value is -2.84. The standard InChI is InChI=1S/C18H26N6O3/c1-10-8-24(17(26)27-18(2,3)4)6-5-12(10)23-13-11(15(19)25)7-20-16-14(13)21-9-22-16/h7,9-10,12H,5-6,8H2,1-4H3,(H2,19,25)(H2,20,21,22,23)/t10-,12+/m0/s1. The number of nitrogens with two attached hydrogens (primary N) is 1. The van der Waals surface area contributed by atoms with Gasteiger partial charge in [-0.1, -0.05) is 6.92 Å². The van der Waals surface area contributed by atoms with Gasteiger partial charge < -0.3 is 25.7 Å². The molecule has 2 atom stereocenters. The lowest BCUT2D eigenvalue weighted by Gasteiger charge is -2.38. The highest BCUT2D eigenvalue weighted by Crippen LogP contribution is 2.28. The summed E-state index contributed by atoms with van der Waals surface area (Å²) in [7, 11) is 0. The van der Waals surface area contributed by atoms with E-state index in [2.05, 4.69) is 27.2 Å². The second-order valence-corrected chi connectivity index (χ2v) is 7.96. The number of rotatable bonds is 3. The molecule has 0 bridgehead atoms. The van der Waals surface area contributed by atoms with Crippen molar-refractivity contribution < 1.29 is 14.3 Å². The van der Waals surface area contributed by atoms with E-state index < -0.39 is 11.5 Å². The molecule has 1 fully saturated rings. The van der Waals surface area contributed by atoms with Crippen LogP contribution in [0.25, 0.3) is 11.2 Å². The van der Waals surface area contributed by atoms with Crippen molar-refractivity contribution in [3.63, 3.8) is 0 Å². The third-order valence-corrected chi connectivity index (χ3v) is 4.61. The van der Waals surface area contributed by atoms with E-state index in [0.29, 0.717) is 35.5 Å². The lowest BCUT2D eigenvalue weighted by atomic mass is 9.93. The van der Waals surface area contributed by atoms with Gasteiger partial charge in [0.25, 0.3) is 5.91 Å². The molecule has 3 heterocycles. The molecule has 2 aromatic heterocycles. The van der Waals surface area contributed by atoms with Crippen molar-refractivity contribution in [3.8, 4) is 0 Å². The highest BCUT2D eigenvalue weighted by atomic mass is 16.6. The topological polar surface area (TPSA) is 126 Å². The van der Waals surface area contributed by atoms with Crippen molar-refractivity contribution in [1.29, 1.82) is 0 Å². The van der Waals surface area contributed by atoms with Gasteiger partial charge >= 0.3 is 6.09 Å². The van der Waals surface area contributed by atoms with Crippen molar-refractivity contribution in [3.05, 3.63) is 18.1 Å². The average Bonchev–Trinajstić information content (AvgIpc) is 3.03. The number of hydrogen-bond donors (Lipinski definition) is 3. The van der Waals surface area contributed by atoms with Crippen LogP contribution in [-0.4, -0.2) is 56.6 Å². The van der Waals surface area contributed by atoms with Crippen LogP contribution in [0.2, 0.25) is 0 Å². The van der Waals surface area contributed by atoms with Gasteiger partial charge in [-0.05, 0) is 33.1 Å². The molecule has 0 unspecified atom stereocenters. The smallest absolute Gasteiger partial charge is 0.410 e. The Bertz CT molecular complexity index is 856. The maximum atomic E-state index is 12.3. The van der Waals surface area contributed by atoms with Gasteiger partial charge in [0.05, 0.1) is 17.6 Å². The quantitative estimate of drug-likeness (QED) is 0.755. The molecular weight excluding hydrogens is 348 g/mol. The fraction of sp³-hybridized carbons (Fsp3) is 0.556. The Balaban J connectivity index is 1.76. The molecule has 1 aliphatic rings. The van der Waals surface area contributed by atoms with E-state index in [-0.39, 0.29) is 18.1 Å². The summed E-state index contributed by atoms with van der Waals surface area (Å²) in [4.78, 5) is 37.2. The van der Waals surface area contributed by atoms with E-state index >= 15 is 0 Å². The molecule has 0 aliphatic carbocycles. The first-order valence-corrected chi connectivity index (χ1v) is 9.02. The van der Waals surface area contributed by atoms with Crippen LogP contribution in [0.5, 0.6) is 0 Å². The number of aromatic nitrogens is 3. The molecule has 1 saturated heterocycles. The number of imidazole rings is 1. The predicted octanol–water partition coefficient (Wildman–Crippen LogP) is 2.11. The lowest BCUT2D eigenvalue weighted by molar-refractivity contribution is 0.0165. The molecule has 1 aliphatic heterocycles. The summed E-state index contributed by atoms with van der Waals surface area (Å²) in [5.41, 5.74) is 7.07. The molecule has 146 valence electrons. The number of piperidine rings is 1. The zero-order valence-electron chi connectivity index (χ0n) is 16.1. The van der Waals surface area contributed by atoms with Gasteiger partial charge in [-0.25, -0.2) is 14.8 Å². The normalized spacial score (nSPS) is 20.5. The minimum Gasteiger partial charge on any atom is -0.444 e. The Kier molecular flexibility index (Phi) is 4.95. The molecular formula is C18H26N6O3. The van der Waals surface area contributed by atoms with E-state index in [9.17, 15) is 9.59 Å². The number of carbonyl (C=O) groups excluding carboxylic acids is 2. The lowest BCUT2D eigenvalue weighted by Crippen LogP contribution is -2.49. The fourth-order valence-corrected chi connectivity index (χ4v) is 3.27. The van der Waals surface area contributed by atoms with Crippen molar-refractivity contribution in [1.82, 2.24) is 19.9 Å². The number of aromatic amines is 1. The van der Waals surface area contributed by atoms with Gasteiger partial charge in [0.1, 0.15) is 11.1 Å². The van der Waals surface area contributed by atoms with Crippen LogP contribution in [0.4, 0.5) is 10.5 Å². The number of fused-ring (bicyclic) bond motifs is 1. The summed E-state index contributed by atoms with van der Waals surface area (Å²) in [6.45, 7) is 8.76. The molecule has 9 heteroatoms. The molecule has 0 spiro atoms. The second kappa shape index (κ2) is 7.05. The Labute approximate surface area is 157 Å². The first-order valence-electron chi connectivity index (χ1n) is 9.02. The zero-order chi connectivity index (χ0) is 19.8. The number of nitrogens with one attached hydrogen (secondary N) is 2. The highest BCUT2D eigenvalue weighted by molar-refractivity contribution is 6.04. The van der Waals surface area contributed by atoms with Crippen LogP contribution in [0.3, 0.4) is 0 Å². The number of primary amides is 1. The van der Waals surface area contributed by atoms with Crippen LogP contribution in [0.1, 0.15) is 44.5 Å². The summed E-state index contributed by atoms with van der Waals surface area (Å²) in [5, 5.41) is 3.43. The number of H-pyrrole nitrogens is 1. The molecule has 0 saturated carbocycles. The monoisotopic (exact) mass is 374 g/mol. The molecule has 0 aromatic carbocycles. The molecule has 2 aromatic rings. The van der Waals surface area contributed by atoms with E-state index in [1.165, 1.54) is 12.5 Å². The summed E-state index contributed by atoms with van der Waals surface area (Å²) < 4.78 is 5.46. The Morgan fingerprint density at radius 1 is 1.37 bits per heavy atom. The molecule has 27 heavy (non-hydrogen) atoms. The molecule has 3 rings (SSSR count). The third kappa shape index (κ3) is 4.12. The largest absolute Gasteiger partial charge is 0.444 e. The number of carbonyl (C=O) groups is 2. The summed E-state index contributed by atoms with van der Waals surface area (Å²) >= 11 is 0. The highest BCUT2D eigenvalue weighted by Gasteiger charge is 2.32. The number of ether oxygens (including phenoxy) is 1. The Morgan fingerprint density at radius 3 is 2.74 bits per heavy atom. The minimum atomic E-state index is -0.555. The fourth-order valence-electron chi connectivity index (χ4n) is 3.27. The van der Waals surface area contributed by atoms with Crippen molar-refractivity contribution >= 4 is 28.9 Å². The second-order valence-electron chi connectivity index (χ2n) is 7.96. The zero-order valence-corrected chi connectivity index (χ0v) is 16.1. The maximum Gasteiger partial charge on any atom is 0.410 e. The van der Waals surface area contributed by atoms with Gasteiger partial charge in [-0.2, -0.15) is 0 Å². The predicted molar refractivity (Wildman–Crippen MR) is 101 cm³/mol. The summed E-state index contributed by atoms with van der Waals surface area (Å²) in [6.07, 6.45) is 3.39. The number of anilines is 1. The van der Waals surface area contributed by atoms with Gasteiger partial charge in [0.15, 0.2) is 5.65 Å². The SMILES string of the molecule is C[C@H]1CN(C(=O)OC(C)(C)C)CC[C@H]1Nc1c(C(N)=O)cnc2nc[nH]c12. The van der Waals surface area contributed by atoms with Gasteiger partial charge in [-0.15, -0.1) is 0 Å². The number of hydrogen-bond acceptors (Lipinski definition) is 6. The third-order valence-electron chi connectivity index (χ3n) is 4.61. The first-order chi connectivity index (χ1) is 12.7.